The lowest BCUT2D eigenvalue weighted by Gasteiger charge is -2.41. The van der Waals surface area contributed by atoms with Crippen LogP contribution in [-0.4, -0.2) is 107 Å². The van der Waals surface area contributed by atoms with Crippen LogP contribution in [0.25, 0.3) is 0 Å². The molecule has 1 aliphatic heterocycles. The van der Waals surface area contributed by atoms with Crippen molar-refractivity contribution in [3.05, 3.63) is 12.2 Å². The smallest absolute Gasteiger partial charge is 0.394 e. The average Bonchev–Trinajstić information content (AvgIpc) is 3.24. The Kier molecular flexibility index (Phi) is 37.0. The number of carbonyl (C=O) groups excluding carboxylic acids is 1. The van der Waals surface area contributed by atoms with Crippen LogP contribution in [0.3, 0.4) is 0 Å². The normalized spacial score (nSPS) is 21.1. The van der Waals surface area contributed by atoms with E-state index >= 15 is 0 Å². The van der Waals surface area contributed by atoms with Gasteiger partial charge in [0.15, 0.2) is 6.29 Å². The van der Waals surface area contributed by atoms with Crippen LogP contribution < -0.4 is 5.32 Å². The van der Waals surface area contributed by atoms with Gasteiger partial charge in [0.1, 0.15) is 30.5 Å². The van der Waals surface area contributed by atoms with Crippen molar-refractivity contribution in [2.24, 2.45) is 0 Å². The van der Waals surface area contributed by atoms with Crippen molar-refractivity contribution in [2.75, 3.05) is 13.2 Å². The maximum Gasteiger partial charge on any atom is 0.397 e. The van der Waals surface area contributed by atoms with E-state index in [1.165, 1.54) is 154 Å². The first-order valence-corrected chi connectivity index (χ1v) is 26.5. The molecule has 0 radical (unpaired) electrons. The number of allylic oxidation sites excluding steroid dienone is 1. The third-order valence-electron chi connectivity index (χ3n) is 12.2. The molecule has 13 nitrogen and oxygen atoms in total. The number of ether oxygens (including phenoxy) is 2. The summed E-state index contributed by atoms with van der Waals surface area (Å²) in [7, 11) is -5.12. The second-order valence-corrected chi connectivity index (χ2v) is 19.0. The molecule has 1 amide bonds. The number of amides is 1. The third kappa shape index (κ3) is 30.8. The molecule has 7 N–H and O–H groups in total. The molecule has 14 heteroatoms. The predicted octanol–water partition coefficient (Wildman–Crippen LogP) is 9.31. The van der Waals surface area contributed by atoms with Gasteiger partial charge in [-0.15, -0.1) is 0 Å². The second kappa shape index (κ2) is 39.0. The number of aliphatic hydroxyl groups is 5. The summed E-state index contributed by atoms with van der Waals surface area (Å²) in [6.45, 7) is 3.23. The lowest BCUT2D eigenvalue weighted by Crippen LogP contribution is -2.61. The quantitative estimate of drug-likeness (QED) is 0.0173. The number of unbranched alkanes of at least 4 members (excludes halogenated alkanes) is 30. The number of rotatable bonds is 43. The molecule has 0 spiro atoms. The SMILES string of the molecule is CCCCCCCCCCCCC/C=C/C(O)C(COC1OC(CO)C(O)C(OS(=O)(=O)O)C1O)NC(=O)C(O)CCCCCCCCCCCCCCCCCCCCCC. The first-order valence-electron chi connectivity index (χ1n) is 25.2. The van der Waals surface area contributed by atoms with Crippen LogP contribution >= 0.6 is 0 Å². The van der Waals surface area contributed by atoms with Crippen LogP contribution in [0.1, 0.15) is 226 Å². The molecular weight excluding hydrogens is 815 g/mol. The lowest BCUT2D eigenvalue weighted by molar-refractivity contribution is -0.298. The molecule has 0 saturated carbocycles. The Balaban J connectivity index is 2.49. The summed E-state index contributed by atoms with van der Waals surface area (Å²) >= 11 is 0. The highest BCUT2D eigenvalue weighted by molar-refractivity contribution is 7.80. The molecule has 368 valence electrons. The van der Waals surface area contributed by atoms with Crippen molar-refractivity contribution in [1.29, 1.82) is 0 Å². The molecule has 0 aromatic heterocycles. The molecule has 0 bridgehead atoms. The third-order valence-corrected chi connectivity index (χ3v) is 12.6. The number of carbonyl (C=O) groups is 1. The van der Waals surface area contributed by atoms with Gasteiger partial charge in [-0.05, 0) is 19.3 Å². The fourth-order valence-electron chi connectivity index (χ4n) is 8.17. The molecule has 1 aliphatic rings. The largest absolute Gasteiger partial charge is 0.397 e. The van der Waals surface area contributed by atoms with Gasteiger partial charge in [0.05, 0.1) is 25.4 Å². The van der Waals surface area contributed by atoms with Gasteiger partial charge in [0, 0.05) is 0 Å². The Bertz CT molecular complexity index is 1180. The van der Waals surface area contributed by atoms with E-state index in [4.69, 9.17) is 9.47 Å². The van der Waals surface area contributed by atoms with Gasteiger partial charge in [0.25, 0.3) is 0 Å². The predicted molar refractivity (Wildman–Crippen MR) is 247 cm³/mol. The van der Waals surface area contributed by atoms with E-state index in [1.54, 1.807) is 6.08 Å². The number of nitrogens with one attached hydrogen (secondary N) is 1. The monoisotopic (exact) mass is 908 g/mol. The summed E-state index contributed by atoms with van der Waals surface area (Å²) in [5.41, 5.74) is 0. The van der Waals surface area contributed by atoms with Crippen LogP contribution in [0.4, 0.5) is 0 Å². The van der Waals surface area contributed by atoms with Crippen molar-refractivity contribution < 1.29 is 57.0 Å². The summed E-state index contributed by atoms with van der Waals surface area (Å²) in [4.78, 5) is 13.1. The highest BCUT2D eigenvalue weighted by Gasteiger charge is 2.48. The van der Waals surface area contributed by atoms with Gasteiger partial charge in [-0.25, -0.2) is 4.18 Å². The zero-order chi connectivity index (χ0) is 45.7. The van der Waals surface area contributed by atoms with Crippen molar-refractivity contribution in [1.82, 2.24) is 5.32 Å². The van der Waals surface area contributed by atoms with Gasteiger partial charge in [-0.2, -0.15) is 8.42 Å². The minimum atomic E-state index is -5.12. The lowest BCUT2D eigenvalue weighted by atomic mass is 9.99. The molecule has 0 aromatic carbocycles. The number of hydrogen-bond donors (Lipinski definition) is 7. The first-order chi connectivity index (χ1) is 29.9. The molecule has 1 heterocycles. The summed E-state index contributed by atoms with van der Waals surface area (Å²) in [6, 6.07) is -1.11. The molecule has 1 fully saturated rings. The van der Waals surface area contributed by atoms with Crippen LogP contribution in [0.2, 0.25) is 0 Å². The molecule has 1 saturated heterocycles. The van der Waals surface area contributed by atoms with Gasteiger partial charge in [-0.1, -0.05) is 219 Å². The van der Waals surface area contributed by atoms with Gasteiger partial charge < -0.3 is 40.3 Å². The number of aliphatic hydroxyl groups excluding tert-OH is 5. The van der Waals surface area contributed by atoms with Gasteiger partial charge >= 0.3 is 10.4 Å². The maximum atomic E-state index is 13.1. The van der Waals surface area contributed by atoms with Crippen molar-refractivity contribution >= 4 is 16.3 Å². The fourth-order valence-corrected chi connectivity index (χ4v) is 8.68. The molecular formula is C48H93NO12S. The fraction of sp³-hybridized carbons (Fsp3) is 0.938. The second-order valence-electron chi connectivity index (χ2n) is 17.9. The van der Waals surface area contributed by atoms with E-state index in [0.29, 0.717) is 12.8 Å². The average molecular weight is 908 g/mol. The Hall–Kier alpha value is -1.20. The van der Waals surface area contributed by atoms with Crippen molar-refractivity contribution in [3.8, 4) is 0 Å². The van der Waals surface area contributed by atoms with Gasteiger partial charge in [-0.3, -0.25) is 9.35 Å². The van der Waals surface area contributed by atoms with Crippen LogP contribution in [0.15, 0.2) is 12.2 Å². The highest BCUT2D eigenvalue weighted by atomic mass is 32.3. The van der Waals surface area contributed by atoms with E-state index < -0.39 is 78.5 Å². The van der Waals surface area contributed by atoms with Crippen LogP contribution in [0, 0.1) is 0 Å². The molecule has 8 unspecified atom stereocenters. The van der Waals surface area contributed by atoms with E-state index in [2.05, 4.69) is 23.3 Å². The topological polar surface area (TPSA) is 212 Å². The standard InChI is InChI=1S/C48H93NO12S/c1-3-5-7-9-11-13-15-17-18-19-20-21-22-23-25-27-29-31-33-35-37-42(52)47(55)49-40(41(51)36-34-32-30-28-26-24-16-14-12-10-8-6-4-2)39-59-48-45(54)46(61-62(56,57)58)44(53)43(38-50)60-48/h34,36,40-46,48,50-54H,3-33,35,37-39H2,1-2H3,(H,49,55)(H,56,57,58)/b36-34+. The van der Waals surface area contributed by atoms with E-state index in [-0.39, 0.29) is 6.42 Å². The maximum absolute atomic E-state index is 13.1. The zero-order valence-corrected chi connectivity index (χ0v) is 39.9. The summed E-state index contributed by atoms with van der Waals surface area (Å²) in [6.07, 6.45) is 31.5. The van der Waals surface area contributed by atoms with E-state index in [0.717, 1.165) is 38.5 Å². The summed E-state index contributed by atoms with van der Waals surface area (Å²) in [5.74, 6) is -0.699. The van der Waals surface area contributed by atoms with E-state index in [9.17, 15) is 43.3 Å². The van der Waals surface area contributed by atoms with E-state index in [1.807, 2.05) is 6.08 Å². The molecule has 0 aromatic rings. The minimum absolute atomic E-state index is 0.248. The van der Waals surface area contributed by atoms with Gasteiger partial charge in [0.2, 0.25) is 5.91 Å². The summed E-state index contributed by atoms with van der Waals surface area (Å²) in [5, 5.41) is 55.3. The number of hydrogen-bond acceptors (Lipinski definition) is 11. The Morgan fingerprint density at radius 3 is 1.45 bits per heavy atom. The van der Waals surface area contributed by atoms with Crippen molar-refractivity contribution in [3.63, 3.8) is 0 Å². The summed E-state index contributed by atoms with van der Waals surface area (Å²) < 4.78 is 47.5. The Morgan fingerprint density at radius 2 is 1.05 bits per heavy atom. The highest BCUT2D eigenvalue weighted by Crippen LogP contribution is 2.26. The van der Waals surface area contributed by atoms with Crippen LogP contribution in [0.5, 0.6) is 0 Å². The van der Waals surface area contributed by atoms with Crippen molar-refractivity contribution in [2.45, 2.75) is 275 Å². The molecule has 1 rings (SSSR count). The molecule has 62 heavy (non-hydrogen) atoms. The first kappa shape index (κ1) is 58.8. The Morgan fingerprint density at radius 1 is 0.645 bits per heavy atom. The minimum Gasteiger partial charge on any atom is -0.394 e. The Labute approximate surface area is 377 Å². The zero-order valence-electron chi connectivity index (χ0n) is 39.1. The molecule has 8 atom stereocenters. The molecule has 0 aliphatic carbocycles. The van der Waals surface area contributed by atoms with Crippen LogP contribution in [-0.2, 0) is 28.9 Å².